The molecule has 0 aliphatic rings. The molecule has 0 bridgehead atoms. The SMILES string of the molecule is Cc1cc(C)cc(C(OC(C)C(c2ccccc2)c2ccccc2)N(C)C(=O)c2ccccc2)c1. The standard InChI is InChI=1S/C32H33NO2/c1-23-20-24(2)22-29(21-23)32(33(4)31(34)28-18-12-7-13-19-28)35-25(3)30(26-14-8-5-9-15-26)27-16-10-6-11-17-27/h5-22,25,30,32H,1-4H3. The summed E-state index contributed by atoms with van der Waals surface area (Å²) in [5.74, 6) is -0.0519. The largest absolute Gasteiger partial charge is 0.350 e. The van der Waals surface area contributed by atoms with Gasteiger partial charge in [-0.15, -0.1) is 0 Å². The fourth-order valence-electron chi connectivity index (χ4n) is 4.77. The molecule has 35 heavy (non-hydrogen) atoms. The summed E-state index contributed by atoms with van der Waals surface area (Å²) in [6.07, 6.45) is -0.733. The molecular formula is C32H33NO2. The minimum atomic E-state index is -0.536. The monoisotopic (exact) mass is 463 g/mol. The molecule has 0 spiro atoms. The van der Waals surface area contributed by atoms with Gasteiger partial charge in [0.15, 0.2) is 6.23 Å². The predicted octanol–water partition coefficient (Wildman–Crippen LogP) is 7.31. The van der Waals surface area contributed by atoms with Crippen LogP contribution in [0.4, 0.5) is 0 Å². The number of rotatable bonds is 8. The summed E-state index contributed by atoms with van der Waals surface area (Å²) in [5.41, 5.74) is 6.27. The third-order valence-corrected chi connectivity index (χ3v) is 6.35. The van der Waals surface area contributed by atoms with Crippen LogP contribution in [-0.2, 0) is 4.74 Å². The van der Waals surface area contributed by atoms with Gasteiger partial charge in [-0.1, -0.05) is 108 Å². The highest BCUT2D eigenvalue weighted by Gasteiger charge is 2.30. The van der Waals surface area contributed by atoms with Gasteiger partial charge in [0, 0.05) is 24.1 Å². The number of hydrogen-bond acceptors (Lipinski definition) is 2. The maximum absolute atomic E-state index is 13.5. The van der Waals surface area contributed by atoms with Crippen molar-refractivity contribution in [3.63, 3.8) is 0 Å². The first-order valence-corrected chi connectivity index (χ1v) is 12.1. The zero-order valence-corrected chi connectivity index (χ0v) is 20.9. The quantitative estimate of drug-likeness (QED) is 0.256. The Labute approximate surface area is 209 Å². The van der Waals surface area contributed by atoms with Crippen molar-refractivity contribution in [3.8, 4) is 0 Å². The van der Waals surface area contributed by atoms with Crippen LogP contribution in [0, 0.1) is 13.8 Å². The van der Waals surface area contributed by atoms with E-state index in [9.17, 15) is 4.79 Å². The van der Waals surface area contributed by atoms with E-state index in [1.807, 2.05) is 49.5 Å². The normalized spacial score (nSPS) is 12.8. The van der Waals surface area contributed by atoms with Crippen LogP contribution in [-0.4, -0.2) is 24.0 Å². The molecule has 1 amide bonds. The van der Waals surface area contributed by atoms with Gasteiger partial charge in [-0.05, 0) is 44.0 Å². The molecule has 3 heteroatoms. The van der Waals surface area contributed by atoms with Crippen LogP contribution in [0.5, 0.6) is 0 Å². The highest BCUT2D eigenvalue weighted by Crippen LogP contribution is 2.34. The first kappa shape index (κ1) is 24.4. The van der Waals surface area contributed by atoms with Crippen LogP contribution in [0.1, 0.15) is 57.2 Å². The van der Waals surface area contributed by atoms with E-state index in [0.717, 1.165) is 16.7 Å². The van der Waals surface area contributed by atoms with E-state index >= 15 is 0 Å². The van der Waals surface area contributed by atoms with Crippen molar-refractivity contribution in [3.05, 3.63) is 143 Å². The zero-order valence-electron chi connectivity index (χ0n) is 20.9. The van der Waals surface area contributed by atoms with Gasteiger partial charge in [0.2, 0.25) is 0 Å². The molecule has 0 aromatic heterocycles. The Morgan fingerprint density at radius 1 is 0.686 bits per heavy atom. The molecule has 0 saturated carbocycles. The number of ether oxygens (including phenoxy) is 1. The molecule has 178 valence electrons. The van der Waals surface area contributed by atoms with Gasteiger partial charge in [0.25, 0.3) is 5.91 Å². The lowest BCUT2D eigenvalue weighted by molar-refractivity contribution is -0.0790. The van der Waals surface area contributed by atoms with Gasteiger partial charge in [-0.25, -0.2) is 0 Å². The summed E-state index contributed by atoms with van der Waals surface area (Å²) < 4.78 is 6.83. The number of hydrogen-bond donors (Lipinski definition) is 0. The van der Waals surface area contributed by atoms with Crippen molar-refractivity contribution in [1.29, 1.82) is 0 Å². The lowest BCUT2D eigenvalue weighted by Gasteiger charge is -2.34. The van der Waals surface area contributed by atoms with Crippen molar-refractivity contribution >= 4 is 5.91 Å². The van der Waals surface area contributed by atoms with Crippen molar-refractivity contribution in [2.75, 3.05) is 7.05 Å². The molecule has 0 N–H and O–H groups in total. The molecular weight excluding hydrogens is 430 g/mol. The third kappa shape index (κ3) is 5.87. The lowest BCUT2D eigenvalue weighted by atomic mass is 9.87. The van der Waals surface area contributed by atoms with Crippen LogP contribution in [0.25, 0.3) is 0 Å². The van der Waals surface area contributed by atoms with Crippen LogP contribution >= 0.6 is 0 Å². The molecule has 2 atom stereocenters. The molecule has 0 radical (unpaired) electrons. The third-order valence-electron chi connectivity index (χ3n) is 6.35. The number of aryl methyl sites for hydroxylation is 2. The van der Waals surface area contributed by atoms with Gasteiger partial charge in [-0.3, -0.25) is 4.79 Å². The van der Waals surface area contributed by atoms with E-state index in [1.165, 1.54) is 11.1 Å². The molecule has 0 fully saturated rings. The smallest absolute Gasteiger partial charge is 0.255 e. The summed E-state index contributed by atoms with van der Waals surface area (Å²) in [7, 11) is 1.82. The molecule has 4 aromatic carbocycles. The van der Waals surface area contributed by atoms with Crippen molar-refractivity contribution < 1.29 is 9.53 Å². The van der Waals surface area contributed by atoms with E-state index < -0.39 is 6.23 Å². The second-order valence-electron chi connectivity index (χ2n) is 9.20. The fourth-order valence-corrected chi connectivity index (χ4v) is 4.77. The summed E-state index contributed by atoms with van der Waals surface area (Å²) in [4.78, 5) is 15.2. The Bertz CT molecular complexity index is 1180. The number of nitrogens with zero attached hydrogens (tertiary/aromatic N) is 1. The van der Waals surface area contributed by atoms with Crippen LogP contribution in [0.3, 0.4) is 0 Å². The van der Waals surface area contributed by atoms with Gasteiger partial charge >= 0.3 is 0 Å². The highest BCUT2D eigenvalue weighted by molar-refractivity contribution is 5.94. The molecule has 4 aromatic rings. The van der Waals surface area contributed by atoms with Gasteiger partial charge in [-0.2, -0.15) is 0 Å². The van der Waals surface area contributed by atoms with Crippen LogP contribution in [0.15, 0.2) is 109 Å². The molecule has 3 nitrogen and oxygen atoms in total. The summed E-state index contributed by atoms with van der Waals surface area (Å²) >= 11 is 0. The highest BCUT2D eigenvalue weighted by atomic mass is 16.5. The number of amides is 1. The first-order chi connectivity index (χ1) is 16.9. The number of carbonyl (C=O) groups is 1. The van der Waals surface area contributed by atoms with Crippen molar-refractivity contribution in [2.24, 2.45) is 0 Å². The number of benzene rings is 4. The Morgan fingerprint density at radius 3 is 1.63 bits per heavy atom. The zero-order chi connectivity index (χ0) is 24.8. The van der Waals surface area contributed by atoms with Crippen molar-refractivity contribution in [1.82, 2.24) is 4.90 Å². The van der Waals surface area contributed by atoms with E-state index in [4.69, 9.17) is 4.74 Å². The average molecular weight is 464 g/mol. The minimum absolute atomic E-state index is 0.0195. The second kappa shape index (κ2) is 11.2. The maximum atomic E-state index is 13.5. The molecule has 0 aliphatic carbocycles. The van der Waals surface area contributed by atoms with Crippen LogP contribution in [0.2, 0.25) is 0 Å². The van der Waals surface area contributed by atoms with E-state index in [-0.39, 0.29) is 17.9 Å². The molecule has 2 unspecified atom stereocenters. The fraction of sp³-hybridized carbons (Fsp3) is 0.219. The Kier molecular flexibility index (Phi) is 7.79. The van der Waals surface area contributed by atoms with Crippen molar-refractivity contribution in [2.45, 2.75) is 39.0 Å². The molecule has 4 rings (SSSR count). The van der Waals surface area contributed by atoms with E-state index in [1.54, 1.807) is 4.90 Å². The first-order valence-electron chi connectivity index (χ1n) is 12.1. The Balaban J connectivity index is 1.73. The maximum Gasteiger partial charge on any atom is 0.255 e. The molecule has 0 heterocycles. The Morgan fingerprint density at radius 2 is 1.14 bits per heavy atom. The molecule has 0 saturated heterocycles. The summed E-state index contributed by atoms with van der Waals surface area (Å²) in [6, 6.07) is 36.6. The summed E-state index contributed by atoms with van der Waals surface area (Å²) in [5, 5.41) is 0. The topological polar surface area (TPSA) is 29.5 Å². The summed E-state index contributed by atoms with van der Waals surface area (Å²) in [6.45, 7) is 6.25. The van der Waals surface area contributed by atoms with Gasteiger partial charge < -0.3 is 9.64 Å². The average Bonchev–Trinajstić information content (AvgIpc) is 2.88. The lowest BCUT2D eigenvalue weighted by Crippen LogP contribution is -2.36. The number of carbonyl (C=O) groups excluding carboxylic acids is 1. The second-order valence-corrected chi connectivity index (χ2v) is 9.20. The Hall–Kier alpha value is -3.69. The van der Waals surface area contributed by atoms with Gasteiger partial charge in [0.1, 0.15) is 0 Å². The minimum Gasteiger partial charge on any atom is -0.350 e. The predicted molar refractivity (Wildman–Crippen MR) is 142 cm³/mol. The van der Waals surface area contributed by atoms with Crippen LogP contribution < -0.4 is 0 Å². The molecule has 0 aliphatic heterocycles. The van der Waals surface area contributed by atoms with Gasteiger partial charge in [0.05, 0.1) is 6.10 Å². The van der Waals surface area contributed by atoms with E-state index in [0.29, 0.717) is 5.56 Å². The van der Waals surface area contributed by atoms with E-state index in [2.05, 4.69) is 87.5 Å².